The van der Waals surface area contributed by atoms with Gasteiger partial charge in [0.25, 0.3) is 0 Å². The summed E-state index contributed by atoms with van der Waals surface area (Å²) in [6, 6.07) is 6.20. The maximum atomic E-state index is 6.16. The molecule has 1 aliphatic heterocycles. The molecule has 1 fully saturated rings. The lowest BCUT2D eigenvalue weighted by molar-refractivity contribution is 0.165. The fraction of sp³-hybridized carbons (Fsp3) is 0.500. The lowest BCUT2D eigenvalue weighted by Crippen LogP contribution is -2.49. The highest BCUT2D eigenvalue weighted by atomic mass is 35.5. The van der Waals surface area contributed by atoms with E-state index in [1.165, 1.54) is 0 Å². The minimum absolute atomic E-state index is 0.545. The minimum atomic E-state index is 0.545. The van der Waals surface area contributed by atoms with Gasteiger partial charge in [-0.25, -0.2) is 0 Å². The van der Waals surface area contributed by atoms with Crippen LogP contribution in [0.15, 0.2) is 18.2 Å². The average Bonchev–Trinajstić information content (AvgIpc) is 2.27. The van der Waals surface area contributed by atoms with Crippen molar-refractivity contribution < 1.29 is 0 Å². The van der Waals surface area contributed by atoms with Crippen molar-refractivity contribution in [3.05, 3.63) is 33.8 Å². The van der Waals surface area contributed by atoms with Crippen LogP contribution in [0, 0.1) is 0 Å². The lowest BCUT2D eigenvalue weighted by Gasteiger charge is -2.34. The van der Waals surface area contributed by atoms with Crippen molar-refractivity contribution in [3.8, 4) is 0 Å². The summed E-state index contributed by atoms with van der Waals surface area (Å²) in [4.78, 5) is 2.42. The van der Waals surface area contributed by atoms with Gasteiger partial charge in [0.2, 0.25) is 0 Å². The van der Waals surface area contributed by atoms with Crippen molar-refractivity contribution in [2.45, 2.75) is 19.5 Å². The van der Waals surface area contributed by atoms with Gasteiger partial charge in [-0.1, -0.05) is 23.2 Å². The molecular formula is C12H16Cl2N2. The van der Waals surface area contributed by atoms with E-state index in [4.69, 9.17) is 23.2 Å². The van der Waals surface area contributed by atoms with E-state index in [-0.39, 0.29) is 0 Å². The molecule has 1 heterocycles. The van der Waals surface area contributed by atoms with Crippen LogP contribution in [0.5, 0.6) is 0 Å². The molecule has 0 aromatic heterocycles. The molecule has 1 aromatic carbocycles. The Labute approximate surface area is 107 Å². The molecule has 1 aromatic rings. The molecule has 4 heteroatoms. The molecule has 0 aliphatic carbocycles. The zero-order chi connectivity index (χ0) is 11.5. The molecule has 0 amide bonds. The minimum Gasteiger partial charge on any atom is -0.314 e. The van der Waals surface area contributed by atoms with Gasteiger partial charge < -0.3 is 5.32 Å². The lowest BCUT2D eigenvalue weighted by atomic mass is 10.1. The predicted molar refractivity (Wildman–Crippen MR) is 69.2 cm³/mol. The van der Waals surface area contributed by atoms with E-state index in [1.54, 1.807) is 0 Å². The van der Waals surface area contributed by atoms with E-state index in [0.717, 1.165) is 41.8 Å². The van der Waals surface area contributed by atoms with E-state index in [9.17, 15) is 0 Å². The molecule has 16 heavy (non-hydrogen) atoms. The highest BCUT2D eigenvalue weighted by Crippen LogP contribution is 2.23. The number of hydrogen-bond acceptors (Lipinski definition) is 2. The standard InChI is InChI=1S/C12H16Cl2N2/c1-9-7-15-4-5-16(9)8-10-6-11(13)2-3-12(10)14/h2-3,6,9,15H,4-5,7-8H2,1H3/t9-/m1/s1. The molecule has 88 valence electrons. The first kappa shape index (κ1) is 12.2. The van der Waals surface area contributed by atoms with E-state index >= 15 is 0 Å². The number of rotatable bonds is 2. The number of nitrogens with zero attached hydrogens (tertiary/aromatic N) is 1. The summed E-state index contributed by atoms with van der Waals surface area (Å²) < 4.78 is 0. The van der Waals surface area contributed by atoms with Crippen molar-refractivity contribution >= 4 is 23.2 Å². The quantitative estimate of drug-likeness (QED) is 0.878. The summed E-state index contributed by atoms with van der Waals surface area (Å²) in [7, 11) is 0. The van der Waals surface area contributed by atoms with Gasteiger partial charge in [-0.2, -0.15) is 0 Å². The second-order valence-corrected chi connectivity index (χ2v) is 5.10. The van der Waals surface area contributed by atoms with Gasteiger partial charge in [0.15, 0.2) is 0 Å². The average molecular weight is 259 g/mol. The number of benzene rings is 1. The van der Waals surface area contributed by atoms with Crippen LogP contribution >= 0.6 is 23.2 Å². The van der Waals surface area contributed by atoms with Crippen LogP contribution in [0.1, 0.15) is 12.5 Å². The zero-order valence-electron chi connectivity index (χ0n) is 9.34. The van der Waals surface area contributed by atoms with Gasteiger partial charge in [-0.15, -0.1) is 0 Å². The highest BCUT2D eigenvalue weighted by Gasteiger charge is 2.18. The Bertz CT molecular complexity index is 368. The van der Waals surface area contributed by atoms with E-state index in [2.05, 4.69) is 17.1 Å². The van der Waals surface area contributed by atoms with Crippen molar-refractivity contribution in [2.24, 2.45) is 0 Å². The molecule has 0 unspecified atom stereocenters. The second-order valence-electron chi connectivity index (χ2n) is 4.26. The SMILES string of the molecule is C[C@@H]1CNCCN1Cc1cc(Cl)ccc1Cl. The van der Waals surface area contributed by atoms with Crippen molar-refractivity contribution in [1.82, 2.24) is 10.2 Å². The monoisotopic (exact) mass is 258 g/mol. The van der Waals surface area contributed by atoms with Gasteiger partial charge in [0.05, 0.1) is 0 Å². The van der Waals surface area contributed by atoms with Crippen LogP contribution in [-0.4, -0.2) is 30.6 Å². The number of piperazine rings is 1. The number of hydrogen-bond donors (Lipinski definition) is 1. The second kappa shape index (κ2) is 5.37. The fourth-order valence-corrected chi connectivity index (χ4v) is 2.37. The predicted octanol–water partition coefficient (Wildman–Crippen LogP) is 2.79. The molecule has 0 saturated carbocycles. The maximum Gasteiger partial charge on any atom is 0.0452 e. The van der Waals surface area contributed by atoms with Crippen LogP contribution in [0.2, 0.25) is 10.0 Å². The van der Waals surface area contributed by atoms with Crippen molar-refractivity contribution in [3.63, 3.8) is 0 Å². The van der Waals surface area contributed by atoms with Crippen LogP contribution < -0.4 is 5.32 Å². The van der Waals surface area contributed by atoms with Gasteiger partial charge in [-0.3, -0.25) is 4.90 Å². The molecule has 1 N–H and O–H groups in total. The Balaban J connectivity index is 2.10. The van der Waals surface area contributed by atoms with E-state index < -0.39 is 0 Å². The molecule has 1 atom stereocenters. The van der Waals surface area contributed by atoms with Crippen molar-refractivity contribution in [2.75, 3.05) is 19.6 Å². The van der Waals surface area contributed by atoms with Crippen LogP contribution in [0.3, 0.4) is 0 Å². The molecule has 1 saturated heterocycles. The van der Waals surface area contributed by atoms with Gasteiger partial charge >= 0.3 is 0 Å². The first-order valence-electron chi connectivity index (χ1n) is 5.55. The maximum absolute atomic E-state index is 6.16. The Hall–Kier alpha value is -0.280. The molecule has 2 nitrogen and oxygen atoms in total. The Morgan fingerprint density at radius 3 is 3.00 bits per heavy atom. The molecular weight excluding hydrogens is 243 g/mol. The summed E-state index contributed by atoms with van der Waals surface area (Å²) in [6.45, 7) is 6.25. The smallest absolute Gasteiger partial charge is 0.0452 e. The van der Waals surface area contributed by atoms with Crippen LogP contribution in [0.4, 0.5) is 0 Å². The van der Waals surface area contributed by atoms with Gasteiger partial charge in [0.1, 0.15) is 0 Å². The summed E-state index contributed by atoms with van der Waals surface area (Å²) in [5.41, 5.74) is 1.11. The summed E-state index contributed by atoms with van der Waals surface area (Å²) in [5, 5.41) is 4.93. The zero-order valence-corrected chi connectivity index (χ0v) is 10.9. The highest BCUT2D eigenvalue weighted by molar-refractivity contribution is 6.33. The third-order valence-corrected chi connectivity index (χ3v) is 3.62. The van der Waals surface area contributed by atoms with Crippen LogP contribution in [0.25, 0.3) is 0 Å². The van der Waals surface area contributed by atoms with Crippen molar-refractivity contribution in [1.29, 1.82) is 0 Å². The third-order valence-electron chi connectivity index (χ3n) is 3.02. The van der Waals surface area contributed by atoms with E-state index in [0.29, 0.717) is 6.04 Å². The first-order valence-corrected chi connectivity index (χ1v) is 6.31. The van der Waals surface area contributed by atoms with Gasteiger partial charge in [-0.05, 0) is 30.7 Å². The summed E-state index contributed by atoms with van der Waals surface area (Å²) >= 11 is 12.1. The first-order chi connectivity index (χ1) is 7.66. The van der Waals surface area contributed by atoms with E-state index in [1.807, 2.05) is 18.2 Å². The largest absolute Gasteiger partial charge is 0.314 e. The topological polar surface area (TPSA) is 15.3 Å². The summed E-state index contributed by atoms with van der Waals surface area (Å²) in [5.74, 6) is 0. The molecule has 0 radical (unpaired) electrons. The normalized spacial score (nSPS) is 22.3. The summed E-state index contributed by atoms with van der Waals surface area (Å²) in [6.07, 6.45) is 0. The fourth-order valence-electron chi connectivity index (χ4n) is 2.00. The third kappa shape index (κ3) is 2.89. The Kier molecular flexibility index (Phi) is 4.09. The molecule has 2 rings (SSSR count). The molecule has 0 bridgehead atoms. The molecule has 0 spiro atoms. The number of halogens is 2. The molecule has 1 aliphatic rings. The number of nitrogens with one attached hydrogen (secondary N) is 1. The Morgan fingerprint density at radius 2 is 2.25 bits per heavy atom. The van der Waals surface area contributed by atoms with Crippen LogP contribution in [-0.2, 0) is 6.54 Å². The van der Waals surface area contributed by atoms with Gasteiger partial charge in [0, 0.05) is 42.3 Å². The Morgan fingerprint density at radius 1 is 1.44 bits per heavy atom.